The van der Waals surface area contributed by atoms with Crippen LogP contribution in [0.3, 0.4) is 0 Å². The first-order valence-electron chi connectivity index (χ1n) is 33.6. The van der Waals surface area contributed by atoms with Crippen LogP contribution in [-0.2, 0) is 79.7 Å². The summed E-state index contributed by atoms with van der Waals surface area (Å²) in [5.74, 6) is 0.429. The van der Waals surface area contributed by atoms with Crippen LogP contribution in [0, 0.1) is 5.92 Å². The summed E-state index contributed by atoms with van der Waals surface area (Å²) in [6.07, 6.45) is 2.88. The molecule has 0 aromatic rings. The Morgan fingerprint density at radius 3 is 0.580 bits per heavy atom. The molecule has 0 bridgehead atoms. The average molecular weight is 1970 g/mol. The Hall–Kier alpha value is 8.98. The van der Waals surface area contributed by atoms with Crippen LogP contribution < -0.4 is 0 Å². The summed E-state index contributed by atoms with van der Waals surface area (Å²) in [5.41, 5.74) is 0. The van der Waals surface area contributed by atoms with Gasteiger partial charge in [-0.05, 0) is 301 Å². The molecule has 0 aromatic heterocycles. The SMILES string of the molecule is CCO[Si](CSSSSC(CCC(C)CC)(SSSSC[Si](OCC)(OCC)OCC)C(C)(SSSSC[Si](OCC)(OCC)OCC)C(SSSSC[Si](OCC)(OCC)OCC)(SSSSC[Si](OCC)(OCC)OCC)SSSSC[Si](OCC)(OCC)OCC)(OCC)OCC. The Bertz CT molecular complexity index is 1680. The molecule has 2 unspecified atom stereocenters. The van der Waals surface area contributed by atoms with Gasteiger partial charge < -0.3 is 79.7 Å². The van der Waals surface area contributed by atoms with E-state index in [1.54, 1.807) is 153 Å². The van der Waals surface area contributed by atoms with Gasteiger partial charge in [-0.25, -0.2) is 0 Å². The maximum absolute atomic E-state index is 6.45. The fourth-order valence-corrected chi connectivity index (χ4v) is 90.6. The van der Waals surface area contributed by atoms with E-state index < -0.39 is 65.1 Å². The van der Waals surface area contributed by atoms with Crippen molar-refractivity contribution in [2.24, 2.45) is 5.92 Å². The van der Waals surface area contributed by atoms with Gasteiger partial charge in [-0.15, -0.1) is 0 Å². The van der Waals surface area contributed by atoms with Gasteiger partial charge in [0, 0.05) is 119 Å². The highest BCUT2D eigenvalue weighted by molar-refractivity contribution is 9.33. The summed E-state index contributed by atoms with van der Waals surface area (Å²) in [6, 6.07) is 0. The Kier molecular flexibility index (Phi) is 73.9. The largest absolute Gasteiger partial charge is 0.512 e. The van der Waals surface area contributed by atoms with Crippen molar-refractivity contribution in [1.82, 2.24) is 0 Å². The molecule has 0 radical (unpaired) electrons. The van der Waals surface area contributed by atoms with Crippen LogP contribution in [0.4, 0.5) is 0 Å². The van der Waals surface area contributed by atoms with Crippen LogP contribution in [0.1, 0.15) is 165 Å². The van der Waals surface area contributed by atoms with Gasteiger partial charge in [-0.1, -0.05) is 117 Å². The number of hydrogen-bond donors (Lipinski definition) is 0. The fourth-order valence-electron chi connectivity index (χ4n) is 8.31. The zero-order chi connectivity index (χ0) is 74.9. The van der Waals surface area contributed by atoms with Gasteiger partial charge in [-0.3, -0.25) is 0 Å². The standard InChI is InChI=1S/C52H118O18S24Si6/c1-22-49(20)41-42-51(78-90-84-72-44-96(56-26-5,57-27-6)58-28-7,79-91-85-73-45-97(59-29-8,60-30-9)61-31-10)50(21,77-89-83-71-43-95(53-23-2,54-24-3)55-25-4)52(80-92-86-74-46-98(62-32-11,63-33-12)64-34-13,81-93-87-75-47-99(65-35-14,66-36-15)67-37-16)82-94-88-76-48-100(68-38-17,69-39-18)70-40-19/h49H,22-48H2,1-21H3. The molecule has 0 spiro atoms. The van der Waals surface area contributed by atoms with E-state index in [0.717, 1.165) is 19.3 Å². The van der Waals surface area contributed by atoms with E-state index in [1.807, 2.05) is 219 Å². The number of rotatable bonds is 78. The summed E-state index contributed by atoms with van der Waals surface area (Å²) >= 11 is 0. The zero-order valence-electron chi connectivity index (χ0n) is 62.3. The maximum atomic E-state index is 6.45. The second-order valence-electron chi connectivity index (χ2n) is 19.2. The van der Waals surface area contributed by atoms with Gasteiger partial charge in [0.1, 0.15) is 4.08 Å². The smallest absolute Gasteiger partial charge is 0.373 e. The Balaban J connectivity index is 9.41. The van der Waals surface area contributed by atoms with E-state index in [-0.39, 0.29) is 0 Å². The Morgan fingerprint density at radius 2 is 0.410 bits per heavy atom. The Labute approximate surface area is 704 Å². The lowest BCUT2D eigenvalue weighted by molar-refractivity contribution is 0.0765. The van der Waals surface area contributed by atoms with Crippen LogP contribution >= 0.6 is 247 Å². The summed E-state index contributed by atoms with van der Waals surface area (Å²) in [7, 11) is 25.5. The van der Waals surface area contributed by atoms with Crippen LogP contribution in [0.2, 0.25) is 0 Å². The van der Waals surface area contributed by atoms with E-state index in [9.17, 15) is 0 Å². The first-order chi connectivity index (χ1) is 48.3. The van der Waals surface area contributed by atoms with Crippen molar-refractivity contribution < 1.29 is 79.7 Å². The van der Waals surface area contributed by atoms with Gasteiger partial charge in [0.05, 0.1) is 37.0 Å². The lowest BCUT2D eigenvalue weighted by Crippen LogP contribution is -2.55. The van der Waals surface area contributed by atoms with Crippen LogP contribution in [0.25, 0.3) is 0 Å². The molecule has 0 aliphatic rings. The zero-order valence-corrected chi connectivity index (χ0v) is 87.9. The van der Waals surface area contributed by atoms with E-state index in [1.165, 1.54) is 0 Å². The minimum atomic E-state index is -3.03. The van der Waals surface area contributed by atoms with Crippen molar-refractivity contribution in [1.29, 1.82) is 0 Å². The van der Waals surface area contributed by atoms with E-state index >= 15 is 0 Å². The predicted octanol–water partition coefficient (Wildman–Crippen LogP) is 24.5. The van der Waals surface area contributed by atoms with Gasteiger partial charge in [0.15, 0.2) is 3.41 Å². The second kappa shape index (κ2) is 67.8. The lowest BCUT2D eigenvalue weighted by atomic mass is 9.96. The van der Waals surface area contributed by atoms with Gasteiger partial charge >= 0.3 is 52.8 Å². The molecule has 0 saturated carbocycles. The maximum Gasteiger partial charge on any atom is 0.512 e. The predicted molar refractivity (Wildman–Crippen MR) is 498 cm³/mol. The van der Waals surface area contributed by atoms with Crippen molar-refractivity contribution >= 4 is 300 Å². The third-order valence-electron chi connectivity index (χ3n) is 12.4. The minimum Gasteiger partial charge on any atom is -0.373 e. The molecule has 18 nitrogen and oxygen atoms in total. The fraction of sp³-hybridized carbons (Fsp3) is 1.00. The van der Waals surface area contributed by atoms with Crippen LogP contribution in [0.15, 0.2) is 0 Å². The molecule has 0 aliphatic heterocycles. The highest BCUT2D eigenvalue weighted by Gasteiger charge is 2.65. The molecule has 0 amide bonds. The summed E-state index contributed by atoms with van der Waals surface area (Å²) in [6.45, 7) is 52.5. The van der Waals surface area contributed by atoms with Crippen molar-refractivity contribution in [3.8, 4) is 0 Å². The molecule has 100 heavy (non-hydrogen) atoms. The monoisotopic (exact) mass is 1970 g/mol. The molecule has 602 valence electrons. The first kappa shape index (κ1) is 109. The third-order valence-corrected chi connectivity index (χ3v) is 84.1. The Morgan fingerprint density at radius 1 is 0.240 bits per heavy atom. The second-order valence-corrected chi connectivity index (χ2v) is 75.5. The van der Waals surface area contributed by atoms with Crippen molar-refractivity contribution in [2.45, 2.75) is 177 Å². The molecule has 0 N–H and O–H groups in total. The molecule has 0 heterocycles. The first-order valence-corrected chi connectivity index (χ1v) is 75.1. The minimum absolute atomic E-state index is 0.429. The molecular formula is C52H118O18S24Si6. The van der Waals surface area contributed by atoms with Gasteiger partial charge in [-0.2, -0.15) is 0 Å². The summed E-state index contributed by atoms with van der Waals surface area (Å²) < 4.78 is 114. The normalized spacial score (nSPS) is 14.2. The van der Waals surface area contributed by atoms with E-state index in [4.69, 9.17) is 79.7 Å². The highest BCUT2D eigenvalue weighted by Crippen LogP contribution is 2.81. The average Bonchev–Trinajstić information content (AvgIpc) is 0.729. The summed E-state index contributed by atoms with van der Waals surface area (Å²) in [5, 5.41) is 3.53. The quantitative estimate of drug-likeness (QED) is 0.0244. The van der Waals surface area contributed by atoms with E-state index in [0.29, 0.717) is 157 Å². The van der Waals surface area contributed by atoms with Gasteiger partial charge in [0.2, 0.25) is 0 Å². The van der Waals surface area contributed by atoms with E-state index in [2.05, 4.69) is 20.8 Å². The summed E-state index contributed by atoms with van der Waals surface area (Å²) in [4.78, 5) is 0. The van der Waals surface area contributed by atoms with Crippen LogP contribution in [-0.4, -0.2) is 216 Å². The molecule has 48 heteroatoms. The van der Waals surface area contributed by atoms with Crippen molar-refractivity contribution in [3.63, 3.8) is 0 Å². The highest BCUT2D eigenvalue weighted by atomic mass is 33.7. The molecule has 0 rings (SSSR count). The molecule has 0 saturated heterocycles. The van der Waals surface area contributed by atoms with Gasteiger partial charge in [0.25, 0.3) is 0 Å². The van der Waals surface area contributed by atoms with Crippen molar-refractivity contribution in [3.05, 3.63) is 0 Å². The molecule has 0 aromatic carbocycles. The third kappa shape index (κ3) is 43.1. The molecule has 0 aliphatic carbocycles. The molecular weight excluding hydrogens is 1850 g/mol. The van der Waals surface area contributed by atoms with Crippen LogP contribution in [0.5, 0.6) is 0 Å². The number of hydrogen-bond acceptors (Lipinski definition) is 42. The lowest BCUT2D eigenvalue weighted by Gasteiger charge is -2.54. The topological polar surface area (TPSA) is 166 Å². The van der Waals surface area contributed by atoms with Crippen molar-refractivity contribution in [2.75, 3.05) is 151 Å². The molecule has 0 fully saturated rings. The molecule has 2 atom stereocenters.